The van der Waals surface area contributed by atoms with E-state index >= 15 is 0 Å². The van der Waals surface area contributed by atoms with Crippen molar-refractivity contribution in [1.82, 2.24) is 4.31 Å². The van der Waals surface area contributed by atoms with Gasteiger partial charge in [0.2, 0.25) is 10.0 Å². The molecule has 27 heavy (non-hydrogen) atoms. The Hall–Kier alpha value is -2.50. The highest BCUT2D eigenvalue weighted by molar-refractivity contribution is 7.89. The van der Waals surface area contributed by atoms with Crippen LogP contribution in [0, 0.1) is 12.8 Å². The van der Waals surface area contributed by atoms with E-state index in [1.165, 1.54) is 4.31 Å². The van der Waals surface area contributed by atoms with E-state index in [4.69, 9.17) is 0 Å². The van der Waals surface area contributed by atoms with Gasteiger partial charge < -0.3 is 0 Å². The summed E-state index contributed by atoms with van der Waals surface area (Å²) in [6.45, 7) is 6.01. The Balaban J connectivity index is 1.79. The third-order valence-electron chi connectivity index (χ3n) is 5.46. The summed E-state index contributed by atoms with van der Waals surface area (Å²) in [5.74, 6) is -0.0501. The number of hydrogen-bond acceptors (Lipinski definition) is 3. The topological polar surface area (TPSA) is 54.5 Å². The summed E-state index contributed by atoms with van der Waals surface area (Å²) in [4.78, 5) is 12.9. The van der Waals surface area contributed by atoms with Crippen LogP contribution < -0.4 is 0 Å². The number of hydrogen-bond donors (Lipinski definition) is 0. The van der Waals surface area contributed by atoms with Crippen LogP contribution in [0.4, 0.5) is 0 Å². The number of Topliss-reactive ketones (excluding diaryl/α,β-unsaturated/α-hetero) is 1. The average Bonchev–Trinajstić information content (AvgIpc) is 3.17. The number of allylic oxidation sites excluding steroid dienone is 1. The zero-order chi connectivity index (χ0) is 19.2. The molecule has 0 bridgehead atoms. The lowest BCUT2D eigenvalue weighted by Gasteiger charge is -2.24. The van der Waals surface area contributed by atoms with Gasteiger partial charge >= 0.3 is 0 Å². The minimum absolute atomic E-state index is 0.0837. The summed E-state index contributed by atoms with van der Waals surface area (Å²) >= 11 is 0. The molecule has 2 aromatic carbocycles. The van der Waals surface area contributed by atoms with E-state index in [0.717, 1.165) is 16.7 Å². The molecule has 0 radical (unpaired) electrons. The first kappa shape index (κ1) is 17.9. The smallest absolute Gasteiger partial charge is 0.243 e. The minimum Gasteiger partial charge on any atom is -0.294 e. The highest BCUT2D eigenvalue weighted by atomic mass is 32.2. The first-order chi connectivity index (χ1) is 12.9. The second kappa shape index (κ2) is 6.59. The van der Waals surface area contributed by atoms with Gasteiger partial charge in [0.25, 0.3) is 0 Å². The highest BCUT2D eigenvalue weighted by Gasteiger charge is 2.48. The van der Waals surface area contributed by atoms with Gasteiger partial charge in [0.15, 0.2) is 5.78 Å². The number of fused-ring (bicyclic) bond motifs is 1. The van der Waals surface area contributed by atoms with Crippen LogP contribution in [0.1, 0.15) is 17.5 Å². The number of benzene rings is 2. The molecule has 1 saturated heterocycles. The standard InChI is InChI=1S/C22H21NO3S/c1-3-20-18-13-21(24)22(16-7-5-4-6-8-16)19(18)14-23(20)27(25,26)17-11-9-15(2)10-12-17/h3-12,18,20H,1,13-14H2,2H3/t18-,20+/m1/s1. The number of carbonyl (C=O) groups excluding carboxylic acids is 1. The van der Waals surface area contributed by atoms with Gasteiger partial charge in [-0.25, -0.2) is 8.42 Å². The van der Waals surface area contributed by atoms with E-state index in [9.17, 15) is 13.2 Å². The summed E-state index contributed by atoms with van der Waals surface area (Å²) in [7, 11) is -3.67. The summed E-state index contributed by atoms with van der Waals surface area (Å²) in [5.41, 5.74) is 3.45. The van der Waals surface area contributed by atoms with Crippen molar-refractivity contribution < 1.29 is 13.2 Å². The molecule has 0 N–H and O–H groups in total. The molecule has 5 heteroatoms. The molecule has 1 aliphatic carbocycles. The van der Waals surface area contributed by atoms with Crippen LogP contribution in [0.25, 0.3) is 5.57 Å². The zero-order valence-corrected chi connectivity index (χ0v) is 15.9. The molecule has 4 nitrogen and oxygen atoms in total. The molecule has 0 aromatic heterocycles. The minimum atomic E-state index is -3.67. The molecule has 1 fully saturated rings. The maximum absolute atomic E-state index is 13.2. The van der Waals surface area contributed by atoms with Crippen molar-refractivity contribution in [1.29, 1.82) is 0 Å². The molecule has 2 atom stereocenters. The zero-order valence-electron chi connectivity index (χ0n) is 15.1. The van der Waals surface area contributed by atoms with Crippen molar-refractivity contribution in [3.05, 3.63) is 84.0 Å². The fourth-order valence-electron chi connectivity index (χ4n) is 4.11. The highest BCUT2D eigenvalue weighted by Crippen LogP contribution is 2.45. The third kappa shape index (κ3) is 2.87. The largest absolute Gasteiger partial charge is 0.294 e. The molecule has 0 saturated carbocycles. The lowest BCUT2D eigenvalue weighted by molar-refractivity contribution is -0.113. The number of carbonyl (C=O) groups is 1. The summed E-state index contributed by atoms with van der Waals surface area (Å²) < 4.78 is 28.0. The van der Waals surface area contributed by atoms with Crippen LogP contribution in [0.15, 0.2) is 77.7 Å². The van der Waals surface area contributed by atoms with Crippen molar-refractivity contribution in [2.45, 2.75) is 24.3 Å². The van der Waals surface area contributed by atoms with E-state index in [1.807, 2.05) is 37.3 Å². The number of nitrogens with zero attached hydrogens (tertiary/aromatic N) is 1. The van der Waals surface area contributed by atoms with Gasteiger partial charge in [-0.1, -0.05) is 54.1 Å². The van der Waals surface area contributed by atoms with E-state index in [0.29, 0.717) is 12.0 Å². The van der Waals surface area contributed by atoms with E-state index in [-0.39, 0.29) is 23.1 Å². The van der Waals surface area contributed by atoms with Crippen LogP contribution in [0.5, 0.6) is 0 Å². The van der Waals surface area contributed by atoms with Gasteiger partial charge in [-0.3, -0.25) is 4.79 Å². The van der Waals surface area contributed by atoms with E-state index in [1.54, 1.807) is 30.3 Å². The van der Waals surface area contributed by atoms with Gasteiger partial charge in [-0.05, 0) is 30.2 Å². The maximum atomic E-state index is 13.2. The van der Waals surface area contributed by atoms with Crippen LogP contribution in [0.3, 0.4) is 0 Å². The second-order valence-corrected chi connectivity index (χ2v) is 8.98. The van der Waals surface area contributed by atoms with Crippen LogP contribution in [0.2, 0.25) is 0 Å². The molecule has 0 unspecified atom stereocenters. The van der Waals surface area contributed by atoms with Crippen molar-refractivity contribution >= 4 is 21.4 Å². The Labute approximate surface area is 159 Å². The van der Waals surface area contributed by atoms with E-state index < -0.39 is 16.1 Å². The summed E-state index contributed by atoms with van der Waals surface area (Å²) in [5, 5.41) is 0. The van der Waals surface area contributed by atoms with Crippen molar-refractivity contribution in [3.63, 3.8) is 0 Å². The molecule has 0 amide bonds. The molecule has 0 spiro atoms. The Morgan fingerprint density at radius 2 is 1.74 bits per heavy atom. The maximum Gasteiger partial charge on any atom is 0.243 e. The molecule has 1 aliphatic heterocycles. The predicted octanol–water partition coefficient (Wildman–Crippen LogP) is 3.60. The van der Waals surface area contributed by atoms with Crippen LogP contribution in [-0.2, 0) is 14.8 Å². The SMILES string of the molecule is C=C[C@H]1[C@@H]2CC(=O)C(c3ccccc3)=C2CN1S(=O)(=O)c1ccc(C)cc1. The Morgan fingerprint density at radius 3 is 2.37 bits per heavy atom. The van der Waals surface area contributed by atoms with Gasteiger partial charge in [0.1, 0.15) is 0 Å². The van der Waals surface area contributed by atoms with E-state index in [2.05, 4.69) is 6.58 Å². The molecule has 1 heterocycles. The molecular formula is C22H21NO3S. The van der Waals surface area contributed by atoms with Gasteiger partial charge in [0.05, 0.1) is 10.9 Å². The molecule has 138 valence electrons. The van der Waals surface area contributed by atoms with Crippen LogP contribution >= 0.6 is 0 Å². The quantitative estimate of drug-likeness (QED) is 0.763. The van der Waals surface area contributed by atoms with Gasteiger partial charge in [-0.15, -0.1) is 6.58 Å². The third-order valence-corrected chi connectivity index (χ3v) is 7.31. The number of sulfonamides is 1. The van der Waals surface area contributed by atoms with Gasteiger partial charge in [-0.2, -0.15) is 4.31 Å². The Bertz CT molecular complexity index is 1040. The predicted molar refractivity (Wildman–Crippen MR) is 106 cm³/mol. The number of rotatable bonds is 4. The van der Waals surface area contributed by atoms with Gasteiger partial charge in [0, 0.05) is 24.5 Å². The normalized spacial score (nSPS) is 22.9. The molecular weight excluding hydrogens is 358 g/mol. The lowest BCUT2D eigenvalue weighted by atomic mass is 9.96. The average molecular weight is 379 g/mol. The summed E-state index contributed by atoms with van der Waals surface area (Å²) in [6, 6.07) is 16.0. The first-order valence-electron chi connectivity index (χ1n) is 8.96. The van der Waals surface area contributed by atoms with Crippen LogP contribution in [-0.4, -0.2) is 31.1 Å². The molecule has 2 aliphatic rings. The summed E-state index contributed by atoms with van der Waals surface area (Å²) in [6.07, 6.45) is 1.99. The Morgan fingerprint density at radius 1 is 1.07 bits per heavy atom. The fourth-order valence-corrected chi connectivity index (χ4v) is 5.72. The van der Waals surface area contributed by atoms with Crippen molar-refractivity contribution in [2.75, 3.05) is 6.54 Å². The fraction of sp³-hybridized carbons (Fsp3) is 0.227. The van der Waals surface area contributed by atoms with Crippen molar-refractivity contribution in [2.24, 2.45) is 5.92 Å². The number of ketones is 1. The monoisotopic (exact) mass is 379 g/mol. The Kier molecular flexibility index (Phi) is 4.36. The molecule has 2 aromatic rings. The lowest BCUT2D eigenvalue weighted by Crippen LogP contribution is -2.37. The molecule has 4 rings (SSSR count). The van der Waals surface area contributed by atoms with Crippen molar-refractivity contribution in [3.8, 4) is 0 Å². The number of aryl methyl sites for hydroxylation is 1. The second-order valence-electron chi connectivity index (χ2n) is 7.09. The first-order valence-corrected chi connectivity index (χ1v) is 10.4.